The first-order chi connectivity index (χ1) is 12.1. The summed E-state index contributed by atoms with van der Waals surface area (Å²) in [6.45, 7) is 0. The van der Waals surface area contributed by atoms with Crippen molar-refractivity contribution >= 4 is 23.2 Å². The second kappa shape index (κ2) is 6.26. The van der Waals surface area contributed by atoms with E-state index in [1.807, 2.05) is 11.5 Å². The fourth-order valence-corrected chi connectivity index (χ4v) is 3.74. The summed E-state index contributed by atoms with van der Waals surface area (Å²) in [5.41, 5.74) is 3.83. The standard InChI is InChI=1S/C20H14FNO2S/c21-15-5-3-12(4-6-15)20-22-16(11-25-20)9-14-2-1-13-10-17(23)7-8-18(13)19(14)24/h3-11,23H,1-2H2. The Morgan fingerprint density at radius 2 is 1.92 bits per heavy atom. The minimum absolute atomic E-state index is 0.0161. The van der Waals surface area contributed by atoms with Crippen LogP contribution in [0.4, 0.5) is 4.39 Å². The third-order valence-electron chi connectivity index (χ3n) is 4.22. The number of hydrogen-bond donors (Lipinski definition) is 1. The van der Waals surface area contributed by atoms with Crippen LogP contribution < -0.4 is 0 Å². The zero-order chi connectivity index (χ0) is 17.4. The number of carbonyl (C=O) groups is 1. The normalized spacial score (nSPS) is 15.4. The molecule has 0 bridgehead atoms. The van der Waals surface area contributed by atoms with E-state index < -0.39 is 0 Å². The Hall–Kier alpha value is -2.79. The van der Waals surface area contributed by atoms with Crippen LogP contribution in [0.2, 0.25) is 0 Å². The number of phenols is 1. The van der Waals surface area contributed by atoms with E-state index in [1.165, 1.54) is 29.5 Å². The predicted molar refractivity (Wildman–Crippen MR) is 96.2 cm³/mol. The van der Waals surface area contributed by atoms with E-state index in [-0.39, 0.29) is 17.3 Å². The summed E-state index contributed by atoms with van der Waals surface area (Å²) in [5, 5.41) is 12.2. The van der Waals surface area contributed by atoms with Gasteiger partial charge in [0.05, 0.1) is 5.69 Å². The van der Waals surface area contributed by atoms with E-state index >= 15 is 0 Å². The molecule has 1 heterocycles. The molecule has 3 nitrogen and oxygen atoms in total. The Labute approximate surface area is 148 Å². The van der Waals surface area contributed by atoms with E-state index in [4.69, 9.17) is 0 Å². The van der Waals surface area contributed by atoms with Crippen LogP contribution in [-0.2, 0) is 6.42 Å². The number of allylic oxidation sites excluding steroid dienone is 1. The average molecular weight is 351 g/mol. The maximum atomic E-state index is 13.0. The Kier molecular flexibility index (Phi) is 3.93. The molecular weight excluding hydrogens is 337 g/mol. The topological polar surface area (TPSA) is 50.2 Å². The molecule has 1 aliphatic rings. The number of aromatic hydroxyl groups is 1. The van der Waals surface area contributed by atoms with E-state index in [1.54, 1.807) is 24.3 Å². The summed E-state index contributed by atoms with van der Waals surface area (Å²) in [7, 11) is 0. The zero-order valence-corrected chi connectivity index (χ0v) is 14.0. The molecule has 0 spiro atoms. The van der Waals surface area contributed by atoms with Gasteiger partial charge in [0.2, 0.25) is 0 Å². The number of carbonyl (C=O) groups excluding carboxylic acids is 1. The number of ketones is 1. The number of phenolic OH excluding ortho intramolecular Hbond substituents is 1. The van der Waals surface area contributed by atoms with Gasteiger partial charge < -0.3 is 5.11 Å². The van der Waals surface area contributed by atoms with Crippen molar-refractivity contribution in [1.82, 2.24) is 4.98 Å². The van der Waals surface area contributed by atoms with Crippen molar-refractivity contribution < 1.29 is 14.3 Å². The average Bonchev–Trinajstić information content (AvgIpc) is 3.06. The SMILES string of the molecule is O=C1C(=Cc2csc(-c3ccc(F)cc3)n2)CCc2cc(O)ccc21. The highest BCUT2D eigenvalue weighted by molar-refractivity contribution is 7.13. The molecule has 1 N–H and O–H groups in total. The Morgan fingerprint density at radius 1 is 1.12 bits per heavy atom. The quantitative estimate of drug-likeness (QED) is 0.670. The van der Waals surface area contributed by atoms with Gasteiger partial charge in [0.25, 0.3) is 0 Å². The number of thiazole rings is 1. The third kappa shape index (κ3) is 3.10. The van der Waals surface area contributed by atoms with Crippen LogP contribution in [0.1, 0.15) is 28.0 Å². The summed E-state index contributed by atoms with van der Waals surface area (Å²) >= 11 is 1.46. The summed E-state index contributed by atoms with van der Waals surface area (Å²) in [6.07, 6.45) is 3.16. The number of hydrogen-bond acceptors (Lipinski definition) is 4. The van der Waals surface area contributed by atoms with Crippen LogP contribution in [0, 0.1) is 5.82 Å². The highest BCUT2D eigenvalue weighted by Crippen LogP contribution is 2.30. The van der Waals surface area contributed by atoms with Crippen LogP contribution in [0.5, 0.6) is 5.75 Å². The van der Waals surface area contributed by atoms with E-state index in [0.717, 1.165) is 28.2 Å². The van der Waals surface area contributed by atoms with Crippen molar-refractivity contribution in [2.75, 3.05) is 0 Å². The summed E-state index contributed by atoms with van der Waals surface area (Å²) in [4.78, 5) is 17.2. The van der Waals surface area contributed by atoms with Crippen molar-refractivity contribution in [2.45, 2.75) is 12.8 Å². The molecule has 0 unspecified atom stereocenters. The molecule has 1 aromatic heterocycles. The largest absolute Gasteiger partial charge is 0.508 e. The Bertz CT molecular complexity index is 989. The van der Waals surface area contributed by atoms with Gasteiger partial charge >= 0.3 is 0 Å². The van der Waals surface area contributed by atoms with Crippen LogP contribution >= 0.6 is 11.3 Å². The molecular formula is C20H14FNO2S. The van der Waals surface area contributed by atoms with Crippen molar-refractivity contribution in [1.29, 1.82) is 0 Å². The fraction of sp³-hybridized carbons (Fsp3) is 0.100. The molecule has 0 atom stereocenters. The molecule has 1 aliphatic carbocycles. The van der Waals surface area contributed by atoms with E-state index in [2.05, 4.69) is 4.98 Å². The van der Waals surface area contributed by atoms with Crippen LogP contribution in [0.3, 0.4) is 0 Å². The van der Waals surface area contributed by atoms with Gasteiger partial charge in [-0.15, -0.1) is 11.3 Å². The summed E-state index contributed by atoms with van der Waals surface area (Å²) in [6, 6.07) is 11.1. The minimum Gasteiger partial charge on any atom is -0.508 e. The number of rotatable bonds is 2. The van der Waals surface area contributed by atoms with Gasteiger partial charge in [0.1, 0.15) is 16.6 Å². The van der Waals surface area contributed by atoms with Gasteiger partial charge in [0.15, 0.2) is 5.78 Å². The smallest absolute Gasteiger partial charge is 0.189 e. The Morgan fingerprint density at radius 3 is 2.72 bits per heavy atom. The lowest BCUT2D eigenvalue weighted by Crippen LogP contribution is -2.13. The lowest BCUT2D eigenvalue weighted by molar-refractivity contribution is 0.102. The maximum absolute atomic E-state index is 13.0. The van der Waals surface area contributed by atoms with Crippen molar-refractivity contribution in [2.24, 2.45) is 0 Å². The van der Waals surface area contributed by atoms with Gasteiger partial charge in [-0.3, -0.25) is 4.79 Å². The number of Topliss-reactive ketones (excluding diaryl/α,β-unsaturated/α-hetero) is 1. The molecule has 0 amide bonds. The molecule has 5 heteroatoms. The second-order valence-corrected chi connectivity index (χ2v) is 6.78. The number of aryl methyl sites for hydroxylation is 1. The minimum atomic E-state index is -0.278. The van der Waals surface area contributed by atoms with Gasteiger partial charge in [-0.25, -0.2) is 9.37 Å². The molecule has 3 aromatic rings. The van der Waals surface area contributed by atoms with Gasteiger partial charge in [0, 0.05) is 22.1 Å². The molecule has 4 rings (SSSR count). The van der Waals surface area contributed by atoms with E-state index in [9.17, 15) is 14.3 Å². The van der Waals surface area contributed by atoms with Gasteiger partial charge in [-0.2, -0.15) is 0 Å². The zero-order valence-electron chi connectivity index (χ0n) is 13.2. The Balaban J connectivity index is 1.62. The molecule has 0 aliphatic heterocycles. The number of nitrogens with zero attached hydrogens (tertiary/aromatic N) is 1. The third-order valence-corrected chi connectivity index (χ3v) is 5.13. The molecule has 0 fully saturated rings. The molecule has 0 saturated carbocycles. The predicted octanol–water partition coefficient (Wildman–Crippen LogP) is 4.87. The van der Waals surface area contributed by atoms with Crippen molar-refractivity contribution in [3.8, 4) is 16.3 Å². The number of aromatic nitrogens is 1. The fourth-order valence-electron chi connectivity index (χ4n) is 2.96. The monoisotopic (exact) mass is 351 g/mol. The van der Waals surface area contributed by atoms with Gasteiger partial charge in [-0.1, -0.05) is 0 Å². The molecule has 0 radical (unpaired) electrons. The molecule has 124 valence electrons. The first kappa shape index (κ1) is 15.7. The summed E-state index contributed by atoms with van der Waals surface area (Å²) < 4.78 is 13.0. The highest BCUT2D eigenvalue weighted by atomic mass is 32.1. The van der Waals surface area contributed by atoms with Gasteiger partial charge in [-0.05, 0) is 66.9 Å². The van der Waals surface area contributed by atoms with Crippen LogP contribution in [0.15, 0.2) is 53.4 Å². The number of benzene rings is 2. The number of fused-ring (bicyclic) bond motifs is 1. The van der Waals surface area contributed by atoms with Crippen molar-refractivity contribution in [3.05, 3.63) is 76.1 Å². The summed E-state index contributed by atoms with van der Waals surface area (Å²) in [5.74, 6) is -0.111. The molecule has 0 saturated heterocycles. The number of halogens is 1. The highest BCUT2D eigenvalue weighted by Gasteiger charge is 2.22. The second-order valence-electron chi connectivity index (χ2n) is 5.92. The first-order valence-electron chi connectivity index (χ1n) is 7.89. The van der Waals surface area contributed by atoms with Crippen LogP contribution in [-0.4, -0.2) is 15.9 Å². The molecule has 2 aromatic carbocycles. The lowest BCUT2D eigenvalue weighted by Gasteiger charge is -2.17. The molecule has 25 heavy (non-hydrogen) atoms. The maximum Gasteiger partial charge on any atom is 0.189 e. The van der Waals surface area contributed by atoms with Crippen molar-refractivity contribution in [3.63, 3.8) is 0 Å². The lowest BCUT2D eigenvalue weighted by atomic mass is 9.86. The first-order valence-corrected chi connectivity index (χ1v) is 8.77. The van der Waals surface area contributed by atoms with Crippen LogP contribution in [0.25, 0.3) is 16.6 Å². The van der Waals surface area contributed by atoms with E-state index in [0.29, 0.717) is 17.6 Å².